The van der Waals surface area contributed by atoms with E-state index in [-0.39, 0.29) is 0 Å². The van der Waals surface area contributed by atoms with Crippen molar-refractivity contribution in [3.05, 3.63) is 46.2 Å². The third kappa shape index (κ3) is 4.16. The Hall–Kier alpha value is -1.30. The van der Waals surface area contributed by atoms with Crippen LogP contribution in [0.4, 0.5) is 0 Å². The fraction of sp³-hybridized carbons (Fsp3) is 0.556. The molecular formula is C18H24N4S. The molecule has 0 spiro atoms. The van der Waals surface area contributed by atoms with Crippen molar-refractivity contribution in [2.75, 3.05) is 19.6 Å². The lowest BCUT2D eigenvalue weighted by Crippen LogP contribution is -2.29. The van der Waals surface area contributed by atoms with E-state index in [1.807, 2.05) is 29.8 Å². The molecule has 122 valence electrons. The van der Waals surface area contributed by atoms with Crippen LogP contribution < -0.4 is 5.32 Å². The predicted octanol–water partition coefficient (Wildman–Crippen LogP) is 3.03. The first-order valence-corrected chi connectivity index (χ1v) is 9.45. The molecule has 1 aliphatic carbocycles. The van der Waals surface area contributed by atoms with Gasteiger partial charge in [-0.05, 0) is 49.9 Å². The summed E-state index contributed by atoms with van der Waals surface area (Å²) in [5.41, 5.74) is 1.30. The van der Waals surface area contributed by atoms with E-state index >= 15 is 0 Å². The Labute approximate surface area is 142 Å². The second kappa shape index (κ2) is 7.07. The van der Waals surface area contributed by atoms with Gasteiger partial charge in [-0.25, -0.2) is 4.98 Å². The minimum atomic E-state index is 0.763. The molecule has 0 aromatic carbocycles. The highest BCUT2D eigenvalue weighted by atomic mass is 32.1. The standard InChI is InChI=1S/C18H24N4S/c1-2-14(8-19-6-1)11-22(12-15-5-7-20-9-15)13-17-10-21-18(23-17)16-3-4-16/h1-2,6,8,10,15-16,20H,3-5,7,9,11-13H2. The number of pyridine rings is 1. The third-order valence-electron chi connectivity index (χ3n) is 4.69. The van der Waals surface area contributed by atoms with Gasteiger partial charge in [0, 0.05) is 49.0 Å². The molecule has 2 aliphatic rings. The molecule has 4 rings (SSSR count). The monoisotopic (exact) mass is 328 g/mol. The number of aromatic nitrogens is 2. The summed E-state index contributed by atoms with van der Waals surface area (Å²) in [6.45, 7) is 5.45. The minimum absolute atomic E-state index is 0.763. The normalized spacial score (nSPS) is 21.2. The summed E-state index contributed by atoms with van der Waals surface area (Å²) in [4.78, 5) is 12.9. The fourth-order valence-corrected chi connectivity index (χ4v) is 4.43. The zero-order valence-electron chi connectivity index (χ0n) is 13.4. The molecule has 2 fully saturated rings. The molecule has 0 radical (unpaired) electrons. The van der Waals surface area contributed by atoms with Gasteiger partial charge < -0.3 is 5.32 Å². The number of hydrogen-bond donors (Lipinski definition) is 1. The third-order valence-corrected chi connectivity index (χ3v) is 5.83. The molecule has 4 nitrogen and oxygen atoms in total. The van der Waals surface area contributed by atoms with E-state index < -0.39 is 0 Å². The highest BCUT2D eigenvalue weighted by Crippen LogP contribution is 2.41. The Balaban J connectivity index is 1.43. The van der Waals surface area contributed by atoms with Crippen LogP contribution in [-0.2, 0) is 13.1 Å². The molecule has 1 N–H and O–H groups in total. The van der Waals surface area contributed by atoms with Crippen molar-refractivity contribution in [1.29, 1.82) is 0 Å². The van der Waals surface area contributed by atoms with Crippen LogP contribution in [0.3, 0.4) is 0 Å². The number of nitrogens with zero attached hydrogens (tertiary/aromatic N) is 3. The SMILES string of the molecule is c1cncc(CN(Cc2cnc(C3CC3)s2)CC2CCNC2)c1. The Bertz CT molecular complexity index is 617. The van der Waals surface area contributed by atoms with Crippen molar-refractivity contribution >= 4 is 11.3 Å². The van der Waals surface area contributed by atoms with Crippen LogP contribution in [0.5, 0.6) is 0 Å². The van der Waals surface area contributed by atoms with E-state index in [9.17, 15) is 0 Å². The van der Waals surface area contributed by atoms with Crippen molar-refractivity contribution in [2.45, 2.75) is 38.3 Å². The summed E-state index contributed by atoms with van der Waals surface area (Å²) in [7, 11) is 0. The maximum atomic E-state index is 4.64. The number of hydrogen-bond acceptors (Lipinski definition) is 5. The molecular weight excluding hydrogens is 304 g/mol. The molecule has 2 aromatic rings. The first kappa shape index (κ1) is 15.2. The van der Waals surface area contributed by atoms with Gasteiger partial charge in [0.05, 0.1) is 5.01 Å². The lowest BCUT2D eigenvalue weighted by atomic mass is 10.1. The van der Waals surface area contributed by atoms with Crippen LogP contribution in [0.1, 0.15) is 40.6 Å². The van der Waals surface area contributed by atoms with Crippen molar-refractivity contribution < 1.29 is 0 Å². The maximum Gasteiger partial charge on any atom is 0.0959 e. The van der Waals surface area contributed by atoms with Crippen LogP contribution in [0, 0.1) is 5.92 Å². The van der Waals surface area contributed by atoms with Crippen LogP contribution >= 0.6 is 11.3 Å². The van der Waals surface area contributed by atoms with Crippen molar-refractivity contribution in [3.8, 4) is 0 Å². The zero-order valence-corrected chi connectivity index (χ0v) is 14.3. The molecule has 2 aromatic heterocycles. The first-order chi connectivity index (χ1) is 11.4. The second-order valence-electron chi connectivity index (χ2n) is 6.83. The molecule has 1 unspecified atom stereocenters. The van der Waals surface area contributed by atoms with Gasteiger partial charge in [-0.15, -0.1) is 11.3 Å². The summed E-state index contributed by atoms with van der Waals surface area (Å²) < 4.78 is 0. The highest BCUT2D eigenvalue weighted by molar-refractivity contribution is 7.11. The van der Waals surface area contributed by atoms with Gasteiger partial charge in [0.2, 0.25) is 0 Å². The zero-order chi connectivity index (χ0) is 15.5. The van der Waals surface area contributed by atoms with Gasteiger partial charge in [-0.2, -0.15) is 0 Å². The number of nitrogens with one attached hydrogen (secondary N) is 1. The van der Waals surface area contributed by atoms with E-state index in [1.165, 1.54) is 34.7 Å². The van der Waals surface area contributed by atoms with Crippen LogP contribution in [0.25, 0.3) is 0 Å². The van der Waals surface area contributed by atoms with E-state index in [2.05, 4.69) is 32.4 Å². The van der Waals surface area contributed by atoms with E-state index in [0.717, 1.165) is 44.6 Å². The summed E-state index contributed by atoms with van der Waals surface area (Å²) >= 11 is 1.92. The molecule has 23 heavy (non-hydrogen) atoms. The fourth-order valence-electron chi connectivity index (χ4n) is 3.31. The summed E-state index contributed by atoms with van der Waals surface area (Å²) in [6.07, 6.45) is 9.89. The van der Waals surface area contributed by atoms with Gasteiger partial charge >= 0.3 is 0 Å². The average Bonchev–Trinajstić information content (AvgIpc) is 3.09. The molecule has 1 saturated heterocycles. The molecule has 0 bridgehead atoms. The van der Waals surface area contributed by atoms with Crippen molar-refractivity contribution in [3.63, 3.8) is 0 Å². The van der Waals surface area contributed by atoms with Crippen LogP contribution in [-0.4, -0.2) is 34.5 Å². The lowest BCUT2D eigenvalue weighted by Gasteiger charge is -2.24. The smallest absolute Gasteiger partial charge is 0.0959 e. The van der Waals surface area contributed by atoms with Crippen LogP contribution in [0.2, 0.25) is 0 Å². The molecule has 1 atom stereocenters. The van der Waals surface area contributed by atoms with Crippen molar-refractivity contribution in [2.24, 2.45) is 5.92 Å². The number of thiazole rings is 1. The average molecular weight is 328 g/mol. The largest absolute Gasteiger partial charge is 0.316 e. The van der Waals surface area contributed by atoms with Gasteiger partial charge in [0.25, 0.3) is 0 Å². The molecule has 0 amide bonds. The minimum Gasteiger partial charge on any atom is -0.316 e. The second-order valence-corrected chi connectivity index (χ2v) is 7.98. The first-order valence-electron chi connectivity index (χ1n) is 8.63. The Kier molecular flexibility index (Phi) is 4.69. The molecule has 1 saturated carbocycles. The van der Waals surface area contributed by atoms with E-state index in [1.54, 1.807) is 0 Å². The van der Waals surface area contributed by atoms with Crippen molar-refractivity contribution in [1.82, 2.24) is 20.2 Å². The molecule has 1 aliphatic heterocycles. The summed E-state index contributed by atoms with van der Waals surface area (Å²) in [5, 5.41) is 4.83. The lowest BCUT2D eigenvalue weighted by molar-refractivity contribution is 0.222. The summed E-state index contributed by atoms with van der Waals surface area (Å²) in [6, 6.07) is 4.21. The molecule has 3 heterocycles. The quantitative estimate of drug-likeness (QED) is 0.848. The summed E-state index contributed by atoms with van der Waals surface area (Å²) in [5.74, 6) is 1.53. The van der Waals surface area contributed by atoms with E-state index in [0.29, 0.717) is 0 Å². The number of rotatable bonds is 7. The molecule has 5 heteroatoms. The maximum absolute atomic E-state index is 4.64. The van der Waals surface area contributed by atoms with Crippen LogP contribution in [0.15, 0.2) is 30.7 Å². The predicted molar refractivity (Wildman–Crippen MR) is 93.4 cm³/mol. The van der Waals surface area contributed by atoms with Gasteiger partial charge in [0.1, 0.15) is 0 Å². The van der Waals surface area contributed by atoms with Gasteiger partial charge in [-0.3, -0.25) is 9.88 Å². The van der Waals surface area contributed by atoms with Gasteiger partial charge in [-0.1, -0.05) is 6.07 Å². The Morgan fingerprint density at radius 1 is 1.22 bits per heavy atom. The topological polar surface area (TPSA) is 41.1 Å². The highest BCUT2D eigenvalue weighted by Gasteiger charge is 2.27. The Morgan fingerprint density at radius 3 is 2.91 bits per heavy atom. The van der Waals surface area contributed by atoms with Gasteiger partial charge in [0.15, 0.2) is 0 Å². The van der Waals surface area contributed by atoms with E-state index in [4.69, 9.17) is 0 Å². The Morgan fingerprint density at radius 2 is 2.17 bits per heavy atom.